The maximum atomic E-state index is 6.04. The molecule has 5 nitrogen and oxygen atoms in total. The van der Waals surface area contributed by atoms with Crippen LogP contribution in [0.3, 0.4) is 0 Å². The number of nitrogens with two attached hydrogens (primary N) is 1. The van der Waals surface area contributed by atoms with Gasteiger partial charge in [0.15, 0.2) is 11.6 Å². The highest BCUT2D eigenvalue weighted by Crippen LogP contribution is 2.41. The van der Waals surface area contributed by atoms with Gasteiger partial charge in [0.2, 0.25) is 0 Å². The molecule has 1 saturated carbocycles. The predicted molar refractivity (Wildman–Crippen MR) is 78.4 cm³/mol. The third-order valence-corrected chi connectivity index (χ3v) is 3.83. The largest absolute Gasteiger partial charge is 0.489 e. The van der Waals surface area contributed by atoms with Crippen LogP contribution in [0.5, 0.6) is 5.75 Å². The molecular formula is C13H14Cl2N4O. The second-order valence-electron chi connectivity index (χ2n) is 4.76. The van der Waals surface area contributed by atoms with Gasteiger partial charge in [0, 0.05) is 5.92 Å². The van der Waals surface area contributed by atoms with Crippen molar-refractivity contribution in [1.82, 2.24) is 15.0 Å². The Morgan fingerprint density at radius 1 is 1.30 bits per heavy atom. The lowest BCUT2D eigenvalue weighted by molar-refractivity contribution is 0.288. The molecule has 0 radical (unpaired) electrons. The number of aromatic nitrogens is 3. The zero-order valence-electron chi connectivity index (χ0n) is 10.7. The minimum Gasteiger partial charge on any atom is -0.489 e. The van der Waals surface area contributed by atoms with E-state index in [0.29, 0.717) is 40.7 Å². The summed E-state index contributed by atoms with van der Waals surface area (Å²) >= 11 is 12.1. The zero-order chi connectivity index (χ0) is 14.1. The second kappa shape index (κ2) is 5.50. The van der Waals surface area contributed by atoms with Gasteiger partial charge < -0.3 is 10.5 Å². The molecule has 0 amide bonds. The quantitative estimate of drug-likeness (QED) is 0.921. The van der Waals surface area contributed by atoms with Gasteiger partial charge in [-0.15, -0.1) is 5.10 Å². The van der Waals surface area contributed by atoms with E-state index in [1.165, 1.54) is 0 Å². The van der Waals surface area contributed by atoms with E-state index >= 15 is 0 Å². The normalized spacial score (nSPS) is 14.5. The monoisotopic (exact) mass is 312 g/mol. The fourth-order valence-corrected chi connectivity index (χ4v) is 2.64. The van der Waals surface area contributed by atoms with E-state index < -0.39 is 0 Å². The van der Waals surface area contributed by atoms with Crippen molar-refractivity contribution in [2.75, 3.05) is 12.3 Å². The van der Waals surface area contributed by atoms with Crippen molar-refractivity contribution in [2.24, 2.45) is 0 Å². The van der Waals surface area contributed by atoms with Gasteiger partial charge in [-0.05, 0) is 25.0 Å². The summed E-state index contributed by atoms with van der Waals surface area (Å²) in [5.41, 5.74) is 6.85. The maximum absolute atomic E-state index is 6.04. The lowest BCUT2D eigenvalue weighted by Crippen LogP contribution is -2.12. The summed E-state index contributed by atoms with van der Waals surface area (Å²) < 4.78 is 7.45. The van der Waals surface area contributed by atoms with Crippen LogP contribution >= 0.6 is 23.2 Å². The highest BCUT2D eigenvalue weighted by molar-refractivity contribution is 6.37. The van der Waals surface area contributed by atoms with Crippen molar-refractivity contribution in [3.8, 4) is 5.75 Å². The van der Waals surface area contributed by atoms with E-state index in [1.54, 1.807) is 22.9 Å². The first kappa shape index (κ1) is 13.5. The van der Waals surface area contributed by atoms with Crippen molar-refractivity contribution in [3.63, 3.8) is 0 Å². The molecule has 1 aliphatic rings. The van der Waals surface area contributed by atoms with E-state index in [9.17, 15) is 0 Å². The number of rotatable bonds is 5. The SMILES string of the molecule is Nc1nnn(CCOc2c(Cl)cccc2Cl)c1C1CC1. The first-order valence-electron chi connectivity index (χ1n) is 6.42. The number of nitrogens with zero attached hydrogens (tertiary/aromatic N) is 3. The summed E-state index contributed by atoms with van der Waals surface area (Å²) in [6, 6.07) is 5.26. The summed E-state index contributed by atoms with van der Waals surface area (Å²) in [4.78, 5) is 0. The third-order valence-electron chi connectivity index (χ3n) is 3.23. The van der Waals surface area contributed by atoms with Gasteiger partial charge >= 0.3 is 0 Å². The van der Waals surface area contributed by atoms with Crippen LogP contribution in [0.15, 0.2) is 18.2 Å². The Hall–Kier alpha value is -1.46. The van der Waals surface area contributed by atoms with E-state index in [-0.39, 0.29) is 0 Å². The molecule has 20 heavy (non-hydrogen) atoms. The average Bonchev–Trinajstić information content (AvgIpc) is 3.18. The molecule has 7 heteroatoms. The topological polar surface area (TPSA) is 66.0 Å². The summed E-state index contributed by atoms with van der Waals surface area (Å²) in [6.07, 6.45) is 2.30. The highest BCUT2D eigenvalue weighted by Gasteiger charge is 2.30. The molecule has 0 unspecified atom stereocenters. The summed E-state index contributed by atoms with van der Waals surface area (Å²) in [5.74, 6) is 1.51. The molecule has 0 spiro atoms. The molecule has 1 fully saturated rings. The van der Waals surface area contributed by atoms with Crippen molar-refractivity contribution < 1.29 is 4.74 Å². The first-order valence-corrected chi connectivity index (χ1v) is 7.18. The third kappa shape index (κ3) is 2.69. The molecule has 0 saturated heterocycles. The Kier molecular flexibility index (Phi) is 3.72. The predicted octanol–water partition coefficient (Wildman–Crippen LogP) is 3.12. The van der Waals surface area contributed by atoms with Crippen molar-refractivity contribution in [3.05, 3.63) is 33.9 Å². The van der Waals surface area contributed by atoms with Crippen LogP contribution in [0.25, 0.3) is 0 Å². The van der Waals surface area contributed by atoms with Crippen LogP contribution in [-0.4, -0.2) is 21.6 Å². The van der Waals surface area contributed by atoms with Gasteiger partial charge in [-0.2, -0.15) is 0 Å². The number of benzene rings is 1. The van der Waals surface area contributed by atoms with Crippen LogP contribution in [0.1, 0.15) is 24.5 Å². The molecule has 1 aromatic heterocycles. The van der Waals surface area contributed by atoms with Crippen molar-refractivity contribution >= 4 is 29.0 Å². The minimum absolute atomic E-state index is 0.409. The number of nitrogen functional groups attached to an aromatic ring is 1. The molecule has 0 bridgehead atoms. The molecule has 1 aromatic carbocycles. The van der Waals surface area contributed by atoms with Gasteiger partial charge in [-0.1, -0.05) is 34.5 Å². The van der Waals surface area contributed by atoms with E-state index in [0.717, 1.165) is 18.5 Å². The molecule has 2 N–H and O–H groups in total. The summed E-state index contributed by atoms with van der Waals surface area (Å²) in [6.45, 7) is 0.976. The Morgan fingerprint density at radius 3 is 2.65 bits per heavy atom. The van der Waals surface area contributed by atoms with Gasteiger partial charge in [0.05, 0.1) is 22.3 Å². The molecular weight excluding hydrogens is 299 g/mol. The molecule has 2 aromatic rings. The van der Waals surface area contributed by atoms with Crippen LogP contribution in [0.2, 0.25) is 10.0 Å². The van der Waals surface area contributed by atoms with Gasteiger partial charge in [0.1, 0.15) is 6.61 Å². The second-order valence-corrected chi connectivity index (χ2v) is 5.57. The van der Waals surface area contributed by atoms with Crippen LogP contribution in [0, 0.1) is 0 Å². The number of ether oxygens (including phenoxy) is 1. The van der Waals surface area contributed by atoms with Crippen molar-refractivity contribution in [1.29, 1.82) is 0 Å². The number of anilines is 1. The Morgan fingerprint density at radius 2 is 2.00 bits per heavy atom. The van der Waals surface area contributed by atoms with Crippen LogP contribution < -0.4 is 10.5 Å². The molecule has 1 heterocycles. The molecule has 3 rings (SSSR count). The van der Waals surface area contributed by atoms with Gasteiger partial charge in [-0.25, -0.2) is 4.68 Å². The number of hydrogen-bond donors (Lipinski definition) is 1. The lowest BCUT2D eigenvalue weighted by atomic mass is 10.3. The lowest BCUT2D eigenvalue weighted by Gasteiger charge is -2.10. The van der Waals surface area contributed by atoms with Crippen LogP contribution in [0.4, 0.5) is 5.82 Å². The summed E-state index contributed by atoms with van der Waals surface area (Å²) in [5, 5.41) is 8.97. The maximum Gasteiger partial charge on any atom is 0.169 e. The van der Waals surface area contributed by atoms with E-state index in [2.05, 4.69) is 10.3 Å². The zero-order valence-corrected chi connectivity index (χ0v) is 12.2. The highest BCUT2D eigenvalue weighted by atomic mass is 35.5. The molecule has 1 aliphatic carbocycles. The number of para-hydroxylation sites is 1. The van der Waals surface area contributed by atoms with Crippen molar-refractivity contribution in [2.45, 2.75) is 25.3 Å². The van der Waals surface area contributed by atoms with Gasteiger partial charge in [0.25, 0.3) is 0 Å². The Labute approximate surface area is 126 Å². The first-order chi connectivity index (χ1) is 9.66. The molecule has 0 atom stereocenters. The molecule has 106 valence electrons. The van der Waals surface area contributed by atoms with E-state index in [4.69, 9.17) is 33.7 Å². The Balaban J connectivity index is 1.66. The summed E-state index contributed by atoms with van der Waals surface area (Å²) in [7, 11) is 0. The van der Waals surface area contributed by atoms with E-state index in [1.807, 2.05) is 0 Å². The molecule has 0 aliphatic heterocycles. The van der Waals surface area contributed by atoms with Crippen LogP contribution in [-0.2, 0) is 6.54 Å². The Bertz CT molecular complexity index is 605. The minimum atomic E-state index is 0.409. The number of halogens is 2. The fourth-order valence-electron chi connectivity index (χ4n) is 2.13. The standard InChI is InChI=1S/C13H14Cl2N4O/c14-9-2-1-3-10(15)12(9)20-7-6-19-11(8-4-5-8)13(16)17-18-19/h1-3,8H,4-7,16H2. The number of hydrogen-bond acceptors (Lipinski definition) is 4. The smallest absolute Gasteiger partial charge is 0.169 e. The van der Waals surface area contributed by atoms with Gasteiger partial charge in [-0.3, -0.25) is 0 Å². The average molecular weight is 313 g/mol. The fraction of sp³-hybridized carbons (Fsp3) is 0.385.